The second-order valence-corrected chi connectivity index (χ2v) is 8.51. The third-order valence-electron chi connectivity index (χ3n) is 4.65. The van der Waals surface area contributed by atoms with E-state index < -0.39 is 10.0 Å². The summed E-state index contributed by atoms with van der Waals surface area (Å²) in [5.41, 5.74) is 2.11. The van der Waals surface area contributed by atoms with Gasteiger partial charge < -0.3 is 10.2 Å². The van der Waals surface area contributed by atoms with Crippen LogP contribution in [0.4, 0.5) is 5.69 Å². The number of nitrogens with one attached hydrogen (secondary N) is 1. The van der Waals surface area contributed by atoms with Gasteiger partial charge in [0.05, 0.1) is 4.90 Å². The zero-order valence-corrected chi connectivity index (χ0v) is 16.7. The molecule has 0 bridgehead atoms. The highest BCUT2D eigenvalue weighted by atomic mass is 32.2. The first-order chi connectivity index (χ1) is 12.9. The molecule has 0 aliphatic carbocycles. The second-order valence-electron chi connectivity index (χ2n) is 6.56. The van der Waals surface area contributed by atoms with E-state index in [4.69, 9.17) is 17.4 Å². The van der Waals surface area contributed by atoms with Crippen molar-refractivity contribution in [2.75, 3.05) is 38.0 Å². The van der Waals surface area contributed by atoms with Gasteiger partial charge in [0.1, 0.15) is 0 Å². The molecule has 1 aliphatic rings. The van der Waals surface area contributed by atoms with Crippen molar-refractivity contribution in [1.29, 1.82) is 0 Å². The van der Waals surface area contributed by atoms with E-state index in [1.807, 2.05) is 6.07 Å². The summed E-state index contributed by atoms with van der Waals surface area (Å²) in [6, 6.07) is 16.8. The van der Waals surface area contributed by atoms with Crippen molar-refractivity contribution in [2.24, 2.45) is 5.14 Å². The number of hydrogen-bond donors (Lipinski definition) is 2. The van der Waals surface area contributed by atoms with Gasteiger partial charge in [-0.05, 0) is 48.5 Å². The van der Waals surface area contributed by atoms with Crippen LogP contribution in [-0.4, -0.2) is 56.1 Å². The van der Waals surface area contributed by atoms with Crippen LogP contribution in [0.15, 0.2) is 59.5 Å². The lowest BCUT2D eigenvalue weighted by molar-refractivity contribution is 0.185. The molecule has 2 aromatic carbocycles. The molecule has 1 fully saturated rings. The Morgan fingerprint density at radius 3 is 2.22 bits per heavy atom. The van der Waals surface area contributed by atoms with Crippen LogP contribution in [0.5, 0.6) is 0 Å². The average molecular weight is 405 g/mol. The first-order valence-electron chi connectivity index (χ1n) is 8.87. The van der Waals surface area contributed by atoms with E-state index in [-0.39, 0.29) is 4.90 Å². The Kier molecular flexibility index (Phi) is 6.43. The molecule has 8 heteroatoms. The molecule has 3 N–H and O–H groups in total. The second kappa shape index (κ2) is 8.79. The lowest BCUT2D eigenvalue weighted by Gasteiger charge is -2.36. The lowest BCUT2D eigenvalue weighted by Crippen LogP contribution is -2.50. The summed E-state index contributed by atoms with van der Waals surface area (Å²) in [5.74, 6) is 0. The van der Waals surface area contributed by atoms with Crippen LogP contribution in [0.25, 0.3) is 0 Å². The van der Waals surface area contributed by atoms with Gasteiger partial charge >= 0.3 is 0 Å². The van der Waals surface area contributed by atoms with Gasteiger partial charge in [-0.2, -0.15) is 0 Å². The molecule has 144 valence electrons. The minimum atomic E-state index is -3.68. The number of anilines is 1. The Hall–Kier alpha value is -2.00. The topological polar surface area (TPSA) is 78.7 Å². The highest BCUT2D eigenvalue weighted by molar-refractivity contribution is 7.89. The number of nitrogens with two attached hydrogens (primary N) is 1. The molecule has 1 saturated heterocycles. The van der Waals surface area contributed by atoms with E-state index in [9.17, 15) is 8.42 Å². The molecule has 1 aliphatic heterocycles. The fourth-order valence-electron chi connectivity index (χ4n) is 3.04. The molecule has 1 heterocycles. The van der Waals surface area contributed by atoms with E-state index in [0.717, 1.165) is 44.8 Å². The predicted molar refractivity (Wildman–Crippen MR) is 112 cm³/mol. The number of piperazine rings is 1. The molecular weight excluding hydrogens is 380 g/mol. The zero-order valence-electron chi connectivity index (χ0n) is 15.0. The molecule has 0 radical (unpaired) electrons. The summed E-state index contributed by atoms with van der Waals surface area (Å²) in [6.45, 7) is 4.73. The van der Waals surface area contributed by atoms with Crippen LogP contribution in [0.2, 0.25) is 0 Å². The summed E-state index contributed by atoms with van der Waals surface area (Å²) in [7, 11) is -3.68. The van der Waals surface area contributed by atoms with Gasteiger partial charge in [-0.1, -0.05) is 30.3 Å². The first-order valence-corrected chi connectivity index (χ1v) is 10.8. The maximum Gasteiger partial charge on any atom is 0.238 e. The first kappa shape index (κ1) is 19.8. The maximum atomic E-state index is 11.3. The number of rotatable bonds is 5. The van der Waals surface area contributed by atoms with Crippen molar-refractivity contribution in [1.82, 2.24) is 9.80 Å². The molecule has 3 rings (SSSR count). The summed E-state index contributed by atoms with van der Waals surface area (Å²) in [6.07, 6.45) is 1.06. The minimum absolute atomic E-state index is 0.0889. The Morgan fingerprint density at radius 1 is 1.00 bits per heavy atom. The number of hydrogen-bond acceptors (Lipinski definition) is 4. The monoisotopic (exact) mass is 404 g/mol. The van der Waals surface area contributed by atoms with E-state index in [1.165, 1.54) is 17.7 Å². The number of thiocarbonyl (C=S) groups is 1. The minimum Gasteiger partial charge on any atom is -0.346 e. The Bertz CT molecular complexity index is 862. The molecule has 6 nitrogen and oxygen atoms in total. The lowest BCUT2D eigenvalue weighted by atomic mass is 10.1. The van der Waals surface area contributed by atoms with E-state index in [1.54, 1.807) is 12.1 Å². The molecule has 0 saturated carbocycles. The van der Waals surface area contributed by atoms with E-state index >= 15 is 0 Å². The summed E-state index contributed by atoms with van der Waals surface area (Å²) in [4.78, 5) is 4.68. The summed E-state index contributed by atoms with van der Waals surface area (Å²) < 4.78 is 22.6. The van der Waals surface area contributed by atoms with Gasteiger partial charge in [0.15, 0.2) is 5.11 Å². The molecular formula is C19H24N4O2S2. The molecule has 2 aromatic rings. The van der Waals surface area contributed by atoms with Gasteiger partial charge in [0.2, 0.25) is 10.0 Å². The Balaban J connectivity index is 1.45. The third kappa shape index (κ3) is 5.74. The SMILES string of the molecule is NS(=O)(=O)c1ccc(NC(=S)N2CCN(CCc3ccccc3)CC2)cc1. The van der Waals surface area contributed by atoms with Gasteiger partial charge in [-0.15, -0.1) is 0 Å². The van der Waals surface area contributed by atoms with Crippen LogP contribution in [0.3, 0.4) is 0 Å². The average Bonchev–Trinajstić information content (AvgIpc) is 2.67. The fraction of sp³-hybridized carbons (Fsp3) is 0.316. The van der Waals surface area contributed by atoms with Gasteiger partial charge in [0, 0.05) is 38.4 Å². The standard InChI is InChI=1S/C19H24N4O2S2/c20-27(24,25)18-8-6-17(7-9-18)21-19(26)23-14-12-22(13-15-23)11-10-16-4-2-1-3-5-16/h1-9H,10-15H2,(H,21,26)(H2,20,24,25). The van der Waals surface area contributed by atoms with Crippen LogP contribution in [0.1, 0.15) is 5.56 Å². The molecule has 27 heavy (non-hydrogen) atoms. The van der Waals surface area contributed by atoms with Crippen molar-refractivity contribution >= 4 is 33.0 Å². The molecule has 0 aromatic heterocycles. The molecule has 0 spiro atoms. The smallest absolute Gasteiger partial charge is 0.238 e. The fourth-order valence-corrected chi connectivity index (χ4v) is 3.85. The van der Waals surface area contributed by atoms with E-state index in [2.05, 4.69) is 39.4 Å². The highest BCUT2D eigenvalue weighted by Crippen LogP contribution is 2.14. The summed E-state index contributed by atoms with van der Waals surface area (Å²) >= 11 is 5.50. The van der Waals surface area contributed by atoms with Gasteiger partial charge in [-0.3, -0.25) is 4.90 Å². The van der Waals surface area contributed by atoms with Crippen LogP contribution >= 0.6 is 12.2 Å². The largest absolute Gasteiger partial charge is 0.346 e. The number of benzene rings is 2. The Morgan fingerprint density at radius 2 is 1.63 bits per heavy atom. The Labute approximate surface area is 166 Å². The number of primary sulfonamides is 1. The number of nitrogens with zero attached hydrogens (tertiary/aromatic N) is 2. The zero-order chi connectivity index (χ0) is 19.3. The maximum absolute atomic E-state index is 11.3. The van der Waals surface area contributed by atoms with Gasteiger partial charge in [-0.25, -0.2) is 13.6 Å². The van der Waals surface area contributed by atoms with Crippen molar-refractivity contribution < 1.29 is 8.42 Å². The van der Waals surface area contributed by atoms with Gasteiger partial charge in [0.25, 0.3) is 0 Å². The molecule has 0 amide bonds. The number of sulfonamides is 1. The summed E-state index contributed by atoms with van der Waals surface area (Å²) in [5, 5.41) is 8.93. The highest BCUT2D eigenvalue weighted by Gasteiger charge is 2.19. The van der Waals surface area contributed by atoms with Crippen molar-refractivity contribution in [3.8, 4) is 0 Å². The normalized spacial score (nSPS) is 15.5. The quantitative estimate of drug-likeness (QED) is 0.741. The third-order valence-corrected chi connectivity index (χ3v) is 5.94. The van der Waals surface area contributed by atoms with Crippen molar-refractivity contribution in [2.45, 2.75) is 11.3 Å². The van der Waals surface area contributed by atoms with Crippen molar-refractivity contribution in [3.63, 3.8) is 0 Å². The van der Waals surface area contributed by atoms with Crippen LogP contribution < -0.4 is 10.5 Å². The van der Waals surface area contributed by atoms with Crippen LogP contribution in [-0.2, 0) is 16.4 Å². The van der Waals surface area contributed by atoms with E-state index in [0.29, 0.717) is 5.11 Å². The van der Waals surface area contributed by atoms with Crippen LogP contribution in [0, 0.1) is 0 Å². The predicted octanol–water partition coefficient (Wildman–Crippen LogP) is 1.89. The van der Waals surface area contributed by atoms with Crippen molar-refractivity contribution in [3.05, 3.63) is 60.2 Å². The molecule has 0 unspecified atom stereocenters. The molecule has 0 atom stereocenters.